The molecule has 2 heterocycles. The van der Waals surface area contributed by atoms with E-state index in [4.69, 9.17) is 9.15 Å². The van der Waals surface area contributed by atoms with Crippen molar-refractivity contribution < 1.29 is 13.9 Å². The predicted octanol–water partition coefficient (Wildman–Crippen LogP) is 3.30. The summed E-state index contributed by atoms with van der Waals surface area (Å²) >= 11 is 0. The lowest BCUT2D eigenvalue weighted by Crippen LogP contribution is -2.06. The van der Waals surface area contributed by atoms with Crippen LogP contribution in [0, 0.1) is 5.92 Å². The predicted molar refractivity (Wildman–Crippen MR) is 59.2 cm³/mol. The first-order valence-electron chi connectivity index (χ1n) is 5.41. The number of carbonyl (C=O) groups excluding carboxylic acids is 1. The van der Waals surface area contributed by atoms with Gasteiger partial charge in [-0.1, -0.05) is 32.0 Å². The Morgan fingerprint density at radius 3 is 2.75 bits per heavy atom. The van der Waals surface area contributed by atoms with E-state index in [1.54, 1.807) is 0 Å². The number of para-hydroxylation sites is 1. The second-order valence-corrected chi connectivity index (χ2v) is 4.41. The fourth-order valence-electron chi connectivity index (χ4n) is 2.14. The molecule has 82 valence electrons. The van der Waals surface area contributed by atoms with Gasteiger partial charge in [0.15, 0.2) is 11.9 Å². The molecule has 0 spiro atoms. The molecule has 1 atom stereocenters. The molecule has 1 aromatic heterocycles. The van der Waals surface area contributed by atoms with E-state index in [1.165, 1.54) is 0 Å². The van der Waals surface area contributed by atoms with E-state index in [1.807, 2.05) is 38.1 Å². The van der Waals surface area contributed by atoms with Crippen molar-refractivity contribution in [3.05, 3.63) is 35.6 Å². The van der Waals surface area contributed by atoms with Crippen LogP contribution in [0.5, 0.6) is 0 Å². The van der Waals surface area contributed by atoms with E-state index >= 15 is 0 Å². The molecule has 1 aromatic carbocycles. The van der Waals surface area contributed by atoms with E-state index in [9.17, 15) is 4.79 Å². The van der Waals surface area contributed by atoms with Gasteiger partial charge in [0.25, 0.3) is 0 Å². The van der Waals surface area contributed by atoms with Gasteiger partial charge < -0.3 is 9.15 Å². The third kappa shape index (κ3) is 1.11. The van der Waals surface area contributed by atoms with Gasteiger partial charge in [0, 0.05) is 5.39 Å². The van der Waals surface area contributed by atoms with Crippen LogP contribution < -0.4 is 0 Å². The van der Waals surface area contributed by atoms with Crippen LogP contribution >= 0.6 is 0 Å². The summed E-state index contributed by atoms with van der Waals surface area (Å²) in [6, 6.07) is 7.56. The molecular weight excluding hydrogens is 204 g/mol. The Hall–Kier alpha value is -1.77. The van der Waals surface area contributed by atoms with E-state index < -0.39 is 0 Å². The average molecular weight is 216 g/mol. The molecule has 0 radical (unpaired) electrons. The SMILES string of the molecule is CC(C)C1OC(=O)c2c1oc1ccccc21. The van der Waals surface area contributed by atoms with Crippen LogP contribution in [0.25, 0.3) is 11.0 Å². The Morgan fingerprint density at radius 2 is 2.00 bits per heavy atom. The zero-order valence-electron chi connectivity index (χ0n) is 9.19. The Balaban J connectivity index is 2.29. The Bertz CT molecular complexity index is 566. The summed E-state index contributed by atoms with van der Waals surface area (Å²) in [5, 5.41) is 0.852. The molecule has 1 unspecified atom stereocenters. The molecule has 2 aromatic rings. The fourth-order valence-corrected chi connectivity index (χ4v) is 2.14. The summed E-state index contributed by atoms with van der Waals surface area (Å²) in [6.07, 6.45) is -0.241. The number of ether oxygens (including phenoxy) is 1. The number of hydrogen-bond donors (Lipinski definition) is 0. The van der Waals surface area contributed by atoms with E-state index in [-0.39, 0.29) is 18.0 Å². The van der Waals surface area contributed by atoms with Gasteiger partial charge in [0.1, 0.15) is 11.1 Å². The van der Waals surface area contributed by atoms with Gasteiger partial charge in [-0.2, -0.15) is 0 Å². The maximum Gasteiger partial charge on any atom is 0.343 e. The van der Waals surface area contributed by atoms with Crippen molar-refractivity contribution in [2.24, 2.45) is 5.92 Å². The second kappa shape index (κ2) is 3.11. The molecule has 3 heteroatoms. The molecule has 0 saturated heterocycles. The summed E-state index contributed by atoms with van der Waals surface area (Å²) in [7, 11) is 0. The van der Waals surface area contributed by atoms with Crippen molar-refractivity contribution >= 4 is 16.9 Å². The molecule has 3 nitrogen and oxygen atoms in total. The summed E-state index contributed by atoms with van der Waals surface area (Å²) < 4.78 is 11.0. The number of benzene rings is 1. The minimum Gasteiger partial charge on any atom is -0.456 e. The molecule has 16 heavy (non-hydrogen) atoms. The molecule has 0 fully saturated rings. The molecule has 0 bridgehead atoms. The molecule has 3 rings (SSSR count). The highest BCUT2D eigenvalue weighted by molar-refractivity contribution is 6.06. The minimum absolute atomic E-state index is 0.228. The largest absolute Gasteiger partial charge is 0.456 e. The van der Waals surface area contributed by atoms with Crippen LogP contribution in [0.15, 0.2) is 28.7 Å². The second-order valence-electron chi connectivity index (χ2n) is 4.41. The summed E-state index contributed by atoms with van der Waals surface area (Å²) in [5.41, 5.74) is 1.36. The third-order valence-electron chi connectivity index (χ3n) is 2.92. The van der Waals surface area contributed by atoms with Crippen LogP contribution in [0.3, 0.4) is 0 Å². The van der Waals surface area contributed by atoms with Gasteiger partial charge in [-0.15, -0.1) is 0 Å². The Labute approximate surface area is 93.0 Å². The normalized spacial score (nSPS) is 19.2. The van der Waals surface area contributed by atoms with Crippen molar-refractivity contribution in [3.63, 3.8) is 0 Å². The lowest BCUT2D eigenvalue weighted by atomic mass is 10.0. The van der Waals surface area contributed by atoms with Crippen LogP contribution in [-0.4, -0.2) is 5.97 Å². The molecule has 0 aliphatic carbocycles. The number of rotatable bonds is 1. The third-order valence-corrected chi connectivity index (χ3v) is 2.92. The zero-order chi connectivity index (χ0) is 11.3. The highest BCUT2D eigenvalue weighted by Gasteiger charge is 2.38. The average Bonchev–Trinajstić information content (AvgIpc) is 2.76. The minimum atomic E-state index is -0.265. The van der Waals surface area contributed by atoms with E-state index in [0.29, 0.717) is 11.3 Å². The highest BCUT2D eigenvalue weighted by atomic mass is 16.6. The summed E-state index contributed by atoms with van der Waals surface area (Å²) in [5.74, 6) is 0.644. The van der Waals surface area contributed by atoms with Crippen LogP contribution in [0.4, 0.5) is 0 Å². The lowest BCUT2D eigenvalue weighted by molar-refractivity contribution is 0.0238. The van der Waals surface area contributed by atoms with Crippen LogP contribution in [-0.2, 0) is 4.74 Å². The number of furan rings is 1. The van der Waals surface area contributed by atoms with Gasteiger partial charge in [-0.3, -0.25) is 0 Å². The number of carbonyl (C=O) groups is 1. The number of cyclic esters (lactones) is 1. The molecule has 0 amide bonds. The van der Waals surface area contributed by atoms with Crippen LogP contribution in [0.2, 0.25) is 0 Å². The van der Waals surface area contributed by atoms with Crippen molar-refractivity contribution in [2.75, 3.05) is 0 Å². The van der Waals surface area contributed by atoms with Crippen LogP contribution in [0.1, 0.15) is 36.1 Å². The van der Waals surface area contributed by atoms with Gasteiger partial charge in [-0.25, -0.2) is 4.79 Å². The smallest absolute Gasteiger partial charge is 0.343 e. The number of esters is 1. The first-order chi connectivity index (χ1) is 7.68. The molecule has 0 N–H and O–H groups in total. The van der Waals surface area contributed by atoms with E-state index in [2.05, 4.69) is 0 Å². The molecule has 1 aliphatic rings. The van der Waals surface area contributed by atoms with Gasteiger partial charge in [0.05, 0.1) is 0 Å². The quantitative estimate of drug-likeness (QED) is 0.686. The first kappa shape index (κ1) is 9.46. The summed E-state index contributed by atoms with van der Waals surface area (Å²) in [4.78, 5) is 11.8. The van der Waals surface area contributed by atoms with Gasteiger partial charge in [0.2, 0.25) is 0 Å². The summed E-state index contributed by atoms with van der Waals surface area (Å²) in [6.45, 7) is 4.03. The van der Waals surface area contributed by atoms with Crippen molar-refractivity contribution in [1.29, 1.82) is 0 Å². The Morgan fingerprint density at radius 1 is 1.25 bits per heavy atom. The lowest BCUT2D eigenvalue weighted by Gasteiger charge is -2.12. The van der Waals surface area contributed by atoms with Gasteiger partial charge in [-0.05, 0) is 12.0 Å². The molecule has 0 saturated carbocycles. The Kier molecular flexibility index (Phi) is 1.84. The van der Waals surface area contributed by atoms with Crippen molar-refractivity contribution in [2.45, 2.75) is 20.0 Å². The maximum absolute atomic E-state index is 11.8. The highest BCUT2D eigenvalue weighted by Crippen LogP contribution is 2.41. The topological polar surface area (TPSA) is 39.4 Å². The van der Waals surface area contributed by atoms with Gasteiger partial charge >= 0.3 is 5.97 Å². The zero-order valence-corrected chi connectivity index (χ0v) is 9.19. The standard InChI is InChI=1S/C13H12O3/c1-7(2)11-12-10(13(14)16-11)8-5-3-4-6-9(8)15-12/h3-7,11H,1-2H3. The first-order valence-corrected chi connectivity index (χ1v) is 5.41. The number of fused-ring (bicyclic) bond motifs is 3. The fraction of sp³-hybridized carbons (Fsp3) is 0.308. The van der Waals surface area contributed by atoms with E-state index in [0.717, 1.165) is 11.0 Å². The van der Waals surface area contributed by atoms with Crippen molar-refractivity contribution in [3.8, 4) is 0 Å². The molecule has 1 aliphatic heterocycles. The molecular formula is C13H12O3. The number of hydrogen-bond acceptors (Lipinski definition) is 3. The van der Waals surface area contributed by atoms with Crippen molar-refractivity contribution in [1.82, 2.24) is 0 Å². The maximum atomic E-state index is 11.8. The monoisotopic (exact) mass is 216 g/mol.